The Morgan fingerprint density at radius 1 is 1.58 bits per heavy atom. The van der Waals surface area contributed by atoms with Gasteiger partial charge in [-0.15, -0.1) is 0 Å². The molecule has 108 valence electrons. The van der Waals surface area contributed by atoms with Crippen molar-refractivity contribution in [3.8, 4) is 0 Å². The largest absolute Gasteiger partial charge is 0.374 e. The first-order chi connectivity index (χ1) is 9.19. The third-order valence-electron chi connectivity index (χ3n) is 4.09. The number of ether oxygens (including phenoxy) is 1. The number of imidazole rings is 1. The number of hydrogen-bond acceptors (Lipinski definition) is 4. The van der Waals surface area contributed by atoms with Crippen molar-refractivity contribution in [1.82, 2.24) is 15.0 Å². The van der Waals surface area contributed by atoms with Gasteiger partial charge in [0.05, 0.1) is 11.6 Å². The maximum Gasteiger partial charge on any atom is 0.110 e. The van der Waals surface area contributed by atoms with Gasteiger partial charge in [-0.1, -0.05) is 6.92 Å². The summed E-state index contributed by atoms with van der Waals surface area (Å²) in [7, 11) is 0. The molecule has 1 aromatic rings. The minimum absolute atomic E-state index is 0.103. The second-order valence-corrected chi connectivity index (χ2v) is 5.58. The Hall–Kier alpha value is -0.910. The van der Waals surface area contributed by atoms with Gasteiger partial charge in [-0.2, -0.15) is 0 Å². The molecule has 5 nitrogen and oxygen atoms in total. The number of hydrazine groups is 1. The highest BCUT2D eigenvalue weighted by atomic mass is 16.5. The molecule has 1 aromatic heterocycles. The van der Waals surface area contributed by atoms with Crippen LogP contribution in [-0.2, 0) is 17.7 Å². The van der Waals surface area contributed by atoms with Crippen LogP contribution < -0.4 is 11.3 Å². The average Bonchev–Trinajstić information content (AvgIpc) is 2.84. The normalized spacial score (nSPS) is 25.4. The van der Waals surface area contributed by atoms with Crippen molar-refractivity contribution < 1.29 is 4.74 Å². The van der Waals surface area contributed by atoms with Crippen LogP contribution in [0.15, 0.2) is 12.4 Å². The van der Waals surface area contributed by atoms with Gasteiger partial charge in [0.25, 0.3) is 0 Å². The van der Waals surface area contributed by atoms with Crippen LogP contribution in [0.3, 0.4) is 0 Å². The fourth-order valence-corrected chi connectivity index (χ4v) is 2.84. The maximum absolute atomic E-state index is 5.99. The van der Waals surface area contributed by atoms with E-state index in [1.165, 1.54) is 6.42 Å². The Bertz CT molecular complexity index is 385. The van der Waals surface area contributed by atoms with Crippen molar-refractivity contribution in [2.45, 2.75) is 64.1 Å². The van der Waals surface area contributed by atoms with E-state index in [-0.39, 0.29) is 11.6 Å². The summed E-state index contributed by atoms with van der Waals surface area (Å²) in [6.45, 7) is 6.17. The molecule has 0 saturated carbocycles. The Labute approximate surface area is 115 Å². The van der Waals surface area contributed by atoms with Crippen LogP contribution in [0, 0.1) is 0 Å². The van der Waals surface area contributed by atoms with E-state index < -0.39 is 0 Å². The summed E-state index contributed by atoms with van der Waals surface area (Å²) >= 11 is 0. The second-order valence-electron chi connectivity index (χ2n) is 5.58. The minimum atomic E-state index is -0.185. The van der Waals surface area contributed by atoms with Gasteiger partial charge in [0, 0.05) is 32.0 Å². The summed E-state index contributed by atoms with van der Waals surface area (Å²) in [6.07, 6.45) is 9.22. The SMILES string of the molecule is CCCn1ccnc1CC(NN)C1(C)CCCCO1. The van der Waals surface area contributed by atoms with E-state index in [9.17, 15) is 0 Å². The van der Waals surface area contributed by atoms with Gasteiger partial charge in [0.1, 0.15) is 5.82 Å². The number of nitrogens with zero attached hydrogens (tertiary/aromatic N) is 2. The molecule has 0 aliphatic carbocycles. The smallest absolute Gasteiger partial charge is 0.110 e. The van der Waals surface area contributed by atoms with E-state index in [0.717, 1.165) is 44.7 Å². The minimum Gasteiger partial charge on any atom is -0.374 e. The van der Waals surface area contributed by atoms with Crippen LogP contribution in [0.4, 0.5) is 0 Å². The molecule has 1 saturated heterocycles. The van der Waals surface area contributed by atoms with Crippen LogP contribution in [0.2, 0.25) is 0 Å². The molecule has 3 N–H and O–H groups in total. The molecule has 1 aliphatic rings. The summed E-state index contributed by atoms with van der Waals surface area (Å²) in [6, 6.07) is 0.103. The Morgan fingerprint density at radius 2 is 2.42 bits per heavy atom. The number of aromatic nitrogens is 2. The predicted octanol–water partition coefficient (Wildman–Crippen LogP) is 1.63. The molecular weight excluding hydrogens is 240 g/mol. The molecule has 2 rings (SSSR count). The van der Waals surface area contributed by atoms with Crippen LogP contribution in [0.1, 0.15) is 45.4 Å². The van der Waals surface area contributed by atoms with Gasteiger partial charge in [0.2, 0.25) is 0 Å². The van der Waals surface area contributed by atoms with E-state index in [2.05, 4.69) is 28.8 Å². The van der Waals surface area contributed by atoms with E-state index in [1.807, 2.05) is 12.4 Å². The lowest BCUT2D eigenvalue weighted by Crippen LogP contribution is -2.55. The molecule has 1 aliphatic heterocycles. The summed E-state index contributed by atoms with van der Waals surface area (Å²) < 4.78 is 8.19. The molecule has 19 heavy (non-hydrogen) atoms. The third kappa shape index (κ3) is 3.35. The molecule has 0 spiro atoms. The molecule has 2 unspecified atom stereocenters. The van der Waals surface area contributed by atoms with Crippen LogP contribution >= 0.6 is 0 Å². The maximum atomic E-state index is 5.99. The Kier molecular flexibility index (Phi) is 4.96. The summed E-state index contributed by atoms with van der Waals surface area (Å²) in [5.41, 5.74) is 2.76. The zero-order chi connectivity index (χ0) is 13.7. The molecule has 0 radical (unpaired) electrons. The van der Waals surface area contributed by atoms with E-state index in [4.69, 9.17) is 10.6 Å². The standard InChI is InChI=1S/C14H26N4O/c1-3-8-18-9-7-16-13(18)11-12(17-15)14(2)6-4-5-10-19-14/h7,9,12,17H,3-6,8,10-11,15H2,1-2H3. The fraction of sp³-hybridized carbons (Fsp3) is 0.786. The van der Waals surface area contributed by atoms with Crippen molar-refractivity contribution in [2.24, 2.45) is 5.84 Å². The molecule has 1 fully saturated rings. The first-order valence-corrected chi connectivity index (χ1v) is 7.29. The van der Waals surface area contributed by atoms with E-state index in [0.29, 0.717) is 0 Å². The van der Waals surface area contributed by atoms with Gasteiger partial charge in [-0.25, -0.2) is 4.98 Å². The van der Waals surface area contributed by atoms with Crippen molar-refractivity contribution in [1.29, 1.82) is 0 Å². The Morgan fingerprint density at radius 3 is 3.05 bits per heavy atom. The van der Waals surface area contributed by atoms with Crippen LogP contribution in [0.25, 0.3) is 0 Å². The lowest BCUT2D eigenvalue weighted by Gasteiger charge is -2.40. The average molecular weight is 266 g/mol. The fourth-order valence-electron chi connectivity index (χ4n) is 2.84. The van der Waals surface area contributed by atoms with Crippen LogP contribution in [-0.4, -0.2) is 27.8 Å². The van der Waals surface area contributed by atoms with Crippen molar-refractivity contribution >= 4 is 0 Å². The molecule has 0 bridgehead atoms. The molecule has 0 aromatic carbocycles. The van der Waals surface area contributed by atoms with E-state index in [1.54, 1.807) is 0 Å². The number of hydrogen-bond donors (Lipinski definition) is 2. The molecular formula is C14H26N4O. The van der Waals surface area contributed by atoms with Gasteiger partial charge < -0.3 is 9.30 Å². The number of aryl methyl sites for hydroxylation is 1. The topological polar surface area (TPSA) is 65.1 Å². The lowest BCUT2D eigenvalue weighted by molar-refractivity contribution is -0.0889. The highest BCUT2D eigenvalue weighted by molar-refractivity contribution is 5.01. The van der Waals surface area contributed by atoms with Gasteiger partial charge in [0.15, 0.2) is 0 Å². The first-order valence-electron chi connectivity index (χ1n) is 7.29. The quantitative estimate of drug-likeness (QED) is 0.606. The second kappa shape index (κ2) is 6.50. The van der Waals surface area contributed by atoms with Crippen molar-refractivity contribution in [3.05, 3.63) is 18.2 Å². The van der Waals surface area contributed by atoms with E-state index >= 15 is 0 Å². The third-order valence-corrected chi connectivity index (χ3v) is 4.09. The highest BCUT2D eigenvalue weighted by Gasteiger charge is 2.37. The zero-order valence-electron chi connectivity index (χ0n) is 12.1. The summed E-state index contributed by atoms with van der Waals surface area (Å²) in [5.74, 6) is 6.85. The molecule has 2 heterocycles. The predicted molar refractivity (Wildman–Crippen MR) is 75.5 cm³/mol. The van der Waals surface area contributed by atoms with Gasteiger partial charge in [-0.3, -0.25) is 11.3 Å². The summed E-state index contributed by atoms with van der Waals surface area (Å²) in [5, 5.41) is 0. The van der Waals surface area contributed by atoms with Crippen LogP contribution in [0.5, 0.6) is 0 Å². The number of nitrogens with one attached hydrogen (secondary N) is 1. The van der Waals surface area contributed by atoms with Gasteiger partial charge in [-0.05, 0) is 32.6 Å². The number of rotatable bonds is 6. The molecule has 5 heteroatoms. The monoisotopic (exact) mass is 266 g/mol. The lowest BCUT2D eigenvalue weighted by atomic mass is 9.86. The summed E-state index contributed by atoms with van der Waals surface area (Å²) in [4.78, 5) is 4.46. The molecule has 0 amide bonds. The first kappa shape index (κ1) is 14.5. The number of nitrogens with two attached hydrogens (primary N) is 1. The Balaban J connectivity index is 2.07. The van der Waals surface area contributed by atoms with Crippen molar-refractivity contribution in [3.63, 3.8) is 0 Å². The van der Waals surface area contributed by atoms with Gasteiger partial charge >= 0.3 is 0 Å². The molecule has 2 atom stereocenters. The zero-order valence-corrected chi connectivity index (χ0v) is 12.1. The van der Waals surface area contributed by atoms with Crippen molar-refractivity contribution in [2.75, 3.05) is 6.61 Å². The highest BCUT2D eigenvalue weighted by Crippen LogP contribution is 2.29.